The number of hydrogen-bond acceptors (Lipinski definition) is 6. The predicted octanol–water partition coefficient (Wildman–Crippen LogP) is 3.53. The number of pyridine rings is 1. The van der Waals surface area contributed by atoms with Gasteiger partial charge in [-0.05, 0) is 48.4 Å². The molecular formula is C21H25N5S. The first-order valence-corrected chi connectivity index (χ1v) is 10.7. The Labute approximate surface area is 164 Å². The molecular weight excluding hydrogens is 354 g/mol. The van der Waals surface area contributed by atoms with E-state index >= 15 is 0 Å². The second kappa shape index (κ2) is 7.17. The van der Waals surface area contributed by atoms with E-state index in [1.54, 1.807) is 11.2 Å². The molecule has 4 heterocycles. The van der Waals surface area contributed by atoms with Gasteiger partial charge in [0.25, 0.3) is 0 Å². The number of rotatable bonds is 3. The van der Waals surface area contributed by atoms with E-state index in [9.17, 15) is 0 Å². The second-order valence-electron chi connectivity index (χ2n) is 7.85. The molecule has 0 N–H and O–H groups in total. The van der Waals surface area contributed by atoms with Crippen LogP contribution in [0.2, 0.25) is 0 Å². The highest BCUT2D eigenvalue weighted by molar-refractivity contribution is 7.19. The molecule has 0 amide bonds. The molecule has 0 unspecified atom stereocenters. The lowest BCUT2D eigenvalue weighted by molar-refractivity contribution is 0.249. The lowest BCUT2D eigenvalue weighted by atomic mass is 9.89. The van der Waals surface area contributed by atoms with Gasteiger partial charge in [-0.1, -0.05) is 6.92 Å². The van der Waals surface area contributed by atoms with Crippen LogP contribution in [-0.4, -0.2) is 46.0 Å². The van der Waals surface area contributed by atoms with Gasteiger partial charge in [0.05, 0.1) is 5.39 Å². The average molecular weight is 380 g/mol. The first kappa shape index (κ1) is 17.1. The van der Waals surface area contributed by atoms with Crippen molar-refractivity contribution in [3.8, 4) is 0 Å². The fourth-order valence-electron chi connectivity index (χ4n) is 4.36. The van der Waals surface area contributed by atoms with Crippen LogP contribution in [0.3, 0.4) is 0 Å². The summed E-state index contributed by atoms with van der Waals surface area (Å²) in [7, 11) is 0. The Morgan fingerprint density at radius 3 is 2.74 bits per heavy atom. The summed E-state index contributed by atoms with van der Waals surface area (Å²) in [4.78, 5) is 21.2. The summed E-state index contributed by atoms with van der Waals surface area (Å²) in [6.07, 6.45) is 9.18. The maximum atomic E-state index is 4.73. The number of piperazine rings is 1. The van der Waals surface area contributed by atoms with E-state index in [-0.39, 0.29) is 0 Å². The molecule has 1 saturated heterocycles. The number of anilines is 1. The smallest absolute Gasteiger partial charge is 0.141 e. The topological polar surface area (TPSA) is 45.2 Å². The lowest BCUT2D eigenvalue weighted by Crippen LogP contribution is -2.46. The van der Waals surface area contributed by atoms with Crippen LogP contribution < -0.4 is 4.90 Å². The molecule has 6 heteroatoms. The van der Waals surface area contributed by atoms with Crippen LogP contribution in [0.4, 0.5) is 5.82 Å². The van der Waals surface area contributed by atoms with Crippen molar-refractivity contribution in [2.24, 2.45) is 5.92 Å². The van der Waals surface area contributed by atoms with Crippen molar-refractivity contribution in [2.75, 3.05) is 31.1 Å². The summed E-state index contributed by atoms with van der Waals surface area (Å²) in [5.41, 5.74) is 2.87. The van der Waals surface area contributed by atoms with Crippen molar-refractivity contribution >= 4 is 27.4 Å². The standard InChI is InChI=1S/C21H25N5S/c1-15-2-3-17-18(12-15)27-21-19(17)20(23-14-24-21)26-10-8-25(9-11-26)13-16-4-6-22-7-5-16/h4-7,14-15H,2-3,8-13H2,1H3/t15-/m1/s1. The molecule has 2 aliphatic rings. The van der Waals surface area contributed by atoms with E-state index in [2.05, 4.69) is 38.8 Å². The third-order valence-corrected chi connectivity index (χ3v) is 7.06. The summed E-state index contributed by atoms with van der Waals surface area (Å²) >= 11 is 1.89. The monoisotopic (exact) mass is 379 g/mol. The SMILES string of the molecule is C[C@@H]1CCc2c(sc3ncnc(N4CCN(Cc5ccncc5)CC4)c23)C1. The zero-order valence-corrected chi connectivity index (χ0v) is 16.6. The molecule has 140 valence electrons. The lowest BCUT2D eigenvalue weighted by Gasteiger charge is -2.35. The van der Waals surface area contributed by atoms with Gasteiger partial charge in [0.2, 0.25) is 0 Å². The predicted molar refractivity (Wildman–Crippen MR) is 110 cm³/mol. The van der Waals surface area contributed by atoms with Crippen molar-refractivity contribution < 1.29 is 0 Å². The molecule has 1 aliphatic heterocycles. The summed E-state index contributed by atoms with van der Waals surface area (Å²) in [6, 6.07) is 4.22. The van der Waals surface area contributed by atoms with Gasteiger partial charge >= 0.3 is 0 Å². The Balaban J connectivity index is 1.36. The van der Waals surface area contributed by atoms with Crippen LogP contribution in [0, 0.1) is 5.92 Å². The highest BCUT2D eigenvalue weighted by Crippen LogP contribution is 2.40. The van der Waals surface area contributed by atoms with Crippen LogP contribution in [-0.2, 0) is 19.4 Å². The van der Waals surface area contributed by atoms with E-state index in [4.69, 9.17) is 4.98 Å². The molecule has 27 heavy (non-hydrogen) atoms. The van der Waals surface area contributed by atoms with Gasteiger partial charge in [-0.25, -0.2) is 9.97 Å². The Hall–Kier alpha value is -2.05. The molecule has 0 spiro atoms. The Bertz CT molecular complexity index is 930. The number of aryl methyl sites for hydroxylation is 1. The fraction of sp³-hybridized carbons (Fsp3) is 0.476. The number of aromatic nitrogens is 3. The van der Waals surface area contributed by atoms with E-state index in [0.717, 1.165) is 44.5 Å². The maximum Gasteiger partial charge on any atom is 0.141 e. The van der Waals surface area contributed by atoms with Crippen LogP contribution in [0.5, 0.6) is 0 Å². The maximum absolute atomic E-state index is 4.73. The highest BCUT2D eigenvalue weighted by Gasteiger charge is 2.26. The summed E-state index contributed by atoms with van der Waals surface area (Å²) in [6.45, 7) is 7.55. The summed E-state index contributed by atoms with van der Waals surface area (Å²) in [5, 5.41) is 1.34. The Kier molecular flexibility index (Phi) is 4.53. The van der Waals surface area contributed by atoms with Crippen molar-refractivity contribution in [1.29, 1.82) is 0 Å². The molecule has 5 nitrogen and oxygen atoms in total. The molecule has 1 aliphatic carbocycles. The molecule has 0 radical (unpaired) electrons. The molecule has 3 aromatic heterocycles. The van der Waals surface area contributed by atoms with E-state index in [0.29, 0.717) is 0 Å². The molecule has 1 fully saturated rings. The zero-order valence-electron chi connectivity index (χ0n) is 15.8. The first-order chi connectivity index (χ1) is 13.3. The minimum atomic E-state index is 0.790. The molecule has 1 atom stereocenters. The van der Waals surface area contributed by atoms with Crippen LogP contribution in [0.15, 0.2) is 30.9 Å². The zero-order chi connectivity index (χ0) is 18.2. The Morgan fingerprint density at radius 1 is 1.11 bits per heavy atom. The largest absolute Gasteiger partial charge is 0.353 e. The van der Waals surface area contributed by atoms with Gasteiger partial charge in [-0.3, -0.25) is 9.88 Å². The third-order valence-electron chi connectivity index (χ3n) is 5.90. The van der Waals surface area contributed by atoms with Gasteiger partial charge in [0, 0.05) is 50.0 Å². The van der Waals surface area contributed by atoms with E-state index < -0.39 is 0 Å². The van der Waals surface area contributed by atoms with Crippen LogP contribution in [0.1, 0.15) is 29.3 Å². The van der Waals surface area contributed by atoms with Crippen molar-refractivity contribution in [3.05, 3.63) is 46.9 Å². The number of nitrogens with zero attached hydrogens (tertiary/aromatic N) is 5. The van der Waals surface area contributed by atoms with Crippen LogP contribution in [0.25, 0.3) is 10.2 Å². The van der Waals surface area contributed by atoms with Crippen molar-refractivity contribution in [2.45, 2.75) is 32.7 Å². The molecule has 0 aromatic carbocycles. The Morgan fingerprint density at radius 2 is 1.93 bits per heavy atom. The van der Waals surface area contributed by atoms with Crippen LogP contribution >= 0.6 is 11.3 Å². The summed E-state index contributed by atoms with van der Waals surface area (Å²) in [5.74, 6) is 1.95. The van der Waals surface area contributed by atoms with E-state index in [1.165, 1.54) is 40.6 Å². The highest BCUT2D eigenvalue weighted by atomic mass is 32.1. The van der Waals surface area contributed by atoms with Gasteiger partial charge in [0.1, 0.15) is 17.0 Å². The van der Waals surface area contributed by atoms with Crippen molar-refractivity contribution in [1.82, 2.24) is 19.9 Å². The minimum Gasteiger partial charge on any atom is -0.353 e. The molecule has 0 saturated carbocycles. The molecule has 0 bridgehead atoms. The van der Waals surface area contributed by atoms with Gasteiger partial charge in [-0.2, -0.15) is 0 Å². The number of fused-ring (bicyclic) bond motifs is 3. The fourth-order valence-corrected chi connectivity index (χ4v) is 5.71. The quantitative estimate of drug-likeness (QED) is 0.697. The normalized spacial score (nSPS) is 20.8. The van der Waals surface area contributed by atoms with Gasteiger partial charge in [-0.15, -0.1) is 11.3 Å². The summed E-state index contributed by atoms with van der Waals surface area (Å²) < 4.78 is 0. The first-order valence-electron chi connectivity index (χ1n) is 9.89. The second-order valence-corrected chi connectivity index (χ2v) is 8.93. The average Bonchev–Trinajstić information content (AvgIpc) is 3.07. The molecule has 5 rings (SSSR count). The minimum absolute atomic E-state index is 0.790. The molecule has 3 aromatic rings. The van der Waals surface area contributed by atoms with Gasteiger partial charge < -0.3 is 4.90 Å². The van der Waals surface area contributed by atoms with Crippen molar-refractivity contribution in [3.63, 3.8) is 0 Å². The number of hydrogen-bond donors (Lipinski definition) is 0. The van der Waals surface area contributed by atoms with Gasteiger partial charge in [0.15, 0.2) is 0 Å². The number of thiophene rings is 1. The third kappa shape index (κ3) is 3.32. The van der Waals surface area contributed by atoms with E-state index in [1.807, 2.05) is 23.7 Å².